The number of benzene rings is 5. The molecule has 13 heteroatoms. The van der Waals surface area contributed by atoms with E-state index in [1.54, 1.807) is 72.8 Å². The van der Waals surface area contributed by atoms with Crippen LogP contribution < -0.4 is 23.4 Å². The number of para-hydroxylation sites is 4. The third-order valence-corrected chi connectivity index (χ3v) is 16.3. The topological polar surface area (TPSA) is 104 Å². The maximum absolute atomic E-state index is 16.4. The number of fused-ring (bicyclic) bond motifs is 3. The average molecular weight is 865 g/mol. The molecule has 0 saturated heterocycles. The van der Waals surface area contributed by atoms with Crippen molar-refractivity contribution in [3.63, 3.8) is 0 Å². The van der Waals surface area contributed by atoms with Crippen LogP contribution in [0.25, 0.3) is 11.1 Å². The number of hydrogen-bond acceptors (Lipinski definition) is 8. The molecule has 0 radical (unpaired) electrons. The van der Waals surface area contributed by atoms with Gasteiger partial charge in [-0.3, -0.25) is 9.09 Å². The van der Waals surface area contributed by atoms with E-state index in [1.807, 2.05) is 88.4 Å². The largest absolute Gasteiger partial charge is 0.516 e. The minimum Gasteiger partial charge on any atom is -0.437 e. The van der Waals surface area contributed by atoms with E-state index in [0.29, 0.717) is 44.8 Å². The molecule has 0 amide bonds. The maximum atomic E-state index is 16.4. The third-order valence-electron chi connectivity index (χ3n) is 9.87. The first-order chi connectivity index (χ1) is 28.8. The van der Waals surface area contributed by atoms with Gasteiger partial charge in [0.25, 0.3) is 0 Å². The summed E-state index contributed by atoms with van der Waals surface area (Å²) in [6.45, 7) is 23.3. The molecular weight excluding hydrogens is 813 g/mol. The molecule has 0 aliphatic carbocycles. The van der Waals surface area contributed by atoms with E-state index in [2.05, 4.69) is 26.3 Å². The summed E-state index contributed by atoms with van der Waals surface area (Å²) < 4.78 is 84.0. The summed E-state index contributed by atoms with van der Waals surface area (Å²) in [4.78, 5) is 0. The van der Waals surface area contributed by atoms with Crippen molar-refractivity contribution in [1.29, 1.82) is 0 Å². The molecule has 312 valence electrons. The summed E-state index contributed by atoms with van der Waals surface area (Å²) in [5.74, 6) is -0.696. The summed E-state index contributed by atoms with van der Waals surface area (Å²) in [6.07, 6.45) is 6.31. The van der Waals surface area contributed by atoms with Crippen LogP contribution in [0.15, 0.2) is 160 Å². The molecule has 5 aromatic rings. The van der Waals surface area contributed by atoms with Crippen LogP contribution in [0.2, 0.25) is 0 Å². The summed E-state index contributed by atoms with van der Waals surface area (Å²) in [6, 6.07) is 32.1. The van der Waals surface area contributed by atoms with Crippen molar-refractivity contribution in [2.24, 2.45) is 0 Å². The zero-order valence-corrected chi connectivity index (χ0v) is 37.1. The van der Waals surface area contributed by atoms with Crippen LogP contribution in [0.3, 0.4) is 0 Å². The standard InChI is InChI=1S/C47H51N2O8P3/c1-9-31-48(32-10-2)59(51,55-45-35(5)21-19-22-36(45)6)54-43-29-17-14-27-41(43)47(58(50)44-30-18-15-26-40(44)39-25-13-16-28-42(39)53-58)57-60(52,49(33-11-3)34-12-4)56-46-37(7)23-20-24-38(46)8/h9-30,47H,1-4,31-34H2,5-8H3. The van der Waals surface area contributed by atoms with Crippen molar-refractivity contribution in [3.05, 3.63) is 188 Å². The van der Waals surface area contributed by atoms with Gasteiger partial charge < -0.3 is 18.1 Å². The van der Waals surface area contributed by atoms with Crippen LogP contribution >= 0.6 is 22.9 Å². The molecule has 10 nitrogen and oxygen atoms in total. The van der Waals surface area contributed by atoms with Crippen molar-refractivity contribution in [3.8, 4) is 34.1 Å². The molecule has 1 aliphatic rings. The Morgan fingerprint density at radius 1 is 0.583 bits per heavy atom. The molecule has 6 rings (SSSR count). The normalized spacial score (nSPS) is 16.8. The summed E-state index contributed by atoms with van der Waals surface area (Å²) >= 11 is 0. The quantitative estimate of drug-likeness (QED) is 0.0555. The van der Waals surface area contributed by atoms with Gasteiger partial charge in [-0.25, -0.2) is 9.13 Å². The summed E-state index contributed by atoms with van der Waals surface area (Å²) in [7, 11) is -13.4. The third kappa shape index (κ3) is 9.11. The molecule has 0 bridgehead atoms. The first kappa shape index (κ1) is 44.4. The van der Waals surface area contributed by atoms with Crippen LogP contribution in [0.5, 0.6) is 23.0 Å². The molecule has 0 saturated carbocycles. The molecule has 60 heavy (non-hydrogen) atoms. The van der Waals surface area contributed by atoms with Crippen LogP contribution in [-0.2, 0) is 18.2 Å². The molecule has 0 N–H and O–H groups in total. The molecule has 4 atom stereocenters. The van der Waals surface area contributed by atoms with Crippen molar-refractivity contribution in [1.82, 2.24) is 9.34 Å². The lowest BCUT2D eigenvalue weighted by Gasteiger charge is -2.38. The predicted octanol–water partition coefficient (Wildman–Crippen LogP) is 12.7. The number of nitrogens with zero attached hydrogens (tertiary/aromatic N) is 2. The van der Waals surface area contributed by atoms with Gasteiger partial charge in [0.2, 0.25) is 0 Å². The summed E-state index contributed by atoms with van der Waals surface area (Å²) in [5, 5.41) is 0.316. The smallest absolute Gasteiger partial charge is 0.437 e. The fourth-order valence-electron chi connectivity index (χ4n) is 6.97. The second kappa shape index (κ2) is 19.0. The fraction of sp³-hybridized carbons (Fsp3) is 0.191. The Hall–Kier alpha value is -5.17. The molecule has 4 unspecified atom stereocenters. The Morgan fingerprint density at radius 2 is 1.03 bits per heavy atom. The Morgan fingerprint density at radius 3 is 1.58 bits per heavy atom. The van der Waals surface area contributed by atoms with E-state index in [0.717, 1.165) is 11.1 Å². The lowest BCUT2D eigenvalue weighted by Crippen LogP contribution is -2.29. The lowest BCUT2D eigenvalue weighted by atomic mass is 10.0. The van der Waals surface area contributed by atoms with Gasteiger partial charge in [-0.05, 0) is 73.7 Å². The van der Waals surface area contributed by atoms with Gasteiger partial charge in [0.05, 0.1) is 5.30 Å². The monoisotopic (exact) mass is 864 g/mol. The van der Waals surface area contributed by atoms with Crippen molar-refractivity contribution in [2.45, 2.75) is 33.5 Å². The molecule has 0 aromatic heterocycles. The number of hydrogen-bond donors (Lipinski definition) is 0. The molecule has 5 aromatic carbocycles. The minimum absolute atomic E-state index is 0.0250. The van der Waals surface area contributed by atoms with Crippen LogP contribution in [0.1, 0.15) is 33.7 Å². The van der Waals surface area contributed by atoms with E-state index in [9.17, 15) is 0 Å². The highest BCUT2D eigenvalue weighted by atomic mass is 31.2. The second-order valence-electron chi connectivity index (χ2n) is 14.2. The Balaban J connectivity index is 1.62. The van der Waals surface area contributed by atoms with E-state index < -0.39 is 28.7 Å². The van der Waals surface area contributed by atoms with E-state index in [1.165, 1.54) is 9.34 Å². The molecular formula is C47H51N2O8P3. The Labute approximate surface area is 354 Å². The molecule has 1 heterocycles. The first-order valence-electron chi connectivity index (χ1n) is 19.4. The SMILES string of the molecule is C=CCN(CC=C)P(=O)(Oc1ccccc1C(OP(=O)(Oc1c(C)cccc1C)N(CC=C)CC=C)P1(=O)Oc2ccccc2-c2ccccc21)Oc1c(C)cccc1C. The van der Waals surface area contributed by atoms with E-state index in [-0.39, 0.29) is 37.5 Å². The van der Waals surface area contributed by atoms with Crippen molar-refractivity contribution in [2.75, 3.05) is 26.2 Å². The summed E-state index contributed by atoms with van der Waals surface area (Å²) in [5.41, 5.74) is 4.33. The van der Waals surface area contributed by atoms with Gasteiger partial charge in [-0.15, -0.1) is 26.3 Å². The van der Waals surface area contributed by atoms with Crippen LogP contribution in [0.4, 0.5) is 0 Å². The Kier molecular flexibility index (Phi) is 14.1. The lowest BCUT2D eigenvalue weighted by molar-refractivity contribution is 0.187. The fourth-order valence-corrected chi connectivity index (χ4v) is 13.8. The minimum atomic E-state index is -4.60. The van der Waals surface area contributed by atoms with Crippen molar-refractivity contribution < 1.29 is 36.3 Å². The Bertz CT molecular complexity index is 2500. The molecule has 0 spiro atoms. The highest BCUT2D eigenvalue weighted by molar-refractivity contribution is 7.68. The highest BCUT2D eigenvalue weighted by Gasteiger charge is 2.52. The van der Waals surface area contributed by atoms with Crippen LogP contribution in [0, 0.1) is 27.7 Å². The van der Waals surface area contributed by atoms with E-state index >= 15 is 13.7 Å². The van der Waals surface area contributed by atoms with Gasteiger partial charge >= 0.3 is 22.9 Å². The number of rotatable bonds is 20. The zero-order chi connectivity index (χ0) is 43.1. The van der Waals surface area contributed by atoms with Crippen molar-refractivity contribution >= 4 is 28.2 Å². The van der Waals surface area contributed by atoms with Gasteiger partial charge in [0.15, 0.2) is 5.85 Å². The van der Waals surface area contributed by atoms with Gasteiger partial charge in [-0.2, -0.15) is 9.34 Å². The highest BCUT2D eigenvalue weighted by Crippen LogP contribution is 2.71. The van der Waals surface area contributed by atoms with Crippen LogP contribution in [-0.4, -0.2) is 35.5 Å². The first-order valence-corrected chi connectivity index (χ1v) is 24.1. The number of aryl methyl sites for hydroxylation is 4. The zero-order valence-electron chi connectivity index (χ0n) is 34.4. The van der Waals surface area contributed by atoms with Gasteiger partial charge in [0.1, 0.15) is 23.0 Å². The van der Waals surface area contributed by atoms with E-state index in [4.69, 9.17) is 22.6 Å². The average Bonchev–Trinajstić information content (AvgIpc) is 3.23. The van der Waals surface area contributed by atoms with Gasteiger partial charge in [0, 0.05) is 37.3 Å². The maximum Gasteiger partial charge on any atom is 0.516 e. The molecule has 1 aliphatic heterocycles. The molecule has 0 fully saturated rings. The predicted molar refractivity (Wildman–Crippen MR) is 243 cm³/mol. The second-order valence-corrected chi connectivity index (χ2v) is 20.3. The van der Waals surface area contributed by atoms with Gasteiger partial charge in [-0.1, -0.05) is 115 Å².